The van der Waals surface area contributed by atoms with Gasteiger partial charge in [0.2, 0.25) is 11.8 Å². The van der Waals surface area contributed by atoms with Gasteiger partial charge < -0.3 is 18.7 Å². The minimum absolute atomic E-state index is 0.0155. The number of unbranched alkanes of at least 4 members (excludes halogenated alkanes) is 2. The number of hydrogen-bond donors (Lipinski definition) is 0. The fourth-order valence-electron chi connectivity index (χ4n) is 5.64. The van der Waals surface area contributed by atoms with Gasteiger partial charge in [0.15, 0.2) is 5.82 Å². The van der Waals surface area contributed by atoms with Crippen LogP contribution in [0.2, 0.25) is 0 Å². The van der Waals surface area contributed by atoms with Crippen molar-refractivity contribution in [2.75, 3.05) is 24.7 Å². The Balaban J connectivity index is 1.22. The largest absolute Gasteiger partial charge is 0.493 e. The van der Waals surface area contributed by atoms with E-state index in [1.807, 2.05) is 29.2 Å². The van der Waals surface area contributed by atoms with E-state index in [2.05, 4.69) is 44.8 Å². The predicted molar refractivity (Wildman–Crippen MR) is 141 cm³/mol. The Bertz CT molecular complexity index is 1110. The van der Waals surface area contributed by atoms with E-state index in [1.54, 1.807) is 0 Å². The molecule has 0 spiro atoms. The Morgan fingerprint density at radius 3 is 2.43 bits per heavy atom. The number of halogens is 1. The van der Waals surface area contributed by atoms with E-state index < -0.39 is 18.2 Å². The van der Waals surface area contributed by atoms with Gasteiger partial charge in [0, 0.05) is 42.7 Å². The van der Waals surface area contributed by atoms with Crippen LogP contribution in [0.3, 0.4) is 0 Å². The van der Waals surface area contributed by atoms with Gasteiger partial charge in [-0.2, -0.15) is 4.98 Å². The first kappa shape index (κ1) is 26.4. The number of benzene rings is 1. The smallest absolute Gasteiger partial charge is 0.407 e. The number of hydrogen-bond acceptors (Lipinski definition) is 6. The van der Waals surface area contributed by atoms with E-state index in [-0.39, 0.29) is 16.7 Å². The molecule has 4 aliphatic rings. The summed E-state index contributed by atoms with van der Waals surface area (Å²) in [4.78, 5) is 20.0. The van der Waals surface area contributed by atoms with Crippen LogP contribution in [0.5, 0.6) is 0 Å². The Kier molecular flexibility index (Phi) is 6.76. The van der Waals surface area contributed by atoms with Crippen molar-refractivity contribution in [1.82, 2.24) is 10.1 Å². The molecule has 2 heterocycles. The van der Waals surface area contributed by atoms with E-state index in [0.29, 0.717) is 44.9 Å². The van der Waals surface area contributed by atoms with Crippen LogP contribution in [0, 0.1) is 10.8 Å². The van der Waals surface area contributed by atoms with Crippen molar-refractivity contribution in [3.63, 3.8) is 0 Å². The quantitative estimate of drug-likeness (QED) is 0.357. The Morgan fingerprint density at radius 1 is 1.11 bits per heavy atom. The zero-order chi connectivity index (χ0) is 26.5. The second-order valence-corrected chi connectivity index (χ2v) is 13.2. The van der Waals surface area contributed by atoms with E-state index in [4.69, 9.17) is 13.8 Å². The van der Waals surface area contributed by atoms with Gasteiger partial charge in [-0.3, -0.25) is 4.79 Å². The van der Waals surface area contributed by atoms with Crippen LogP contribution >= 0.6 is 0 Å². The normalized spacial score (nSPS) is 26.4. The molecule has 1 amide bonds. The molecule has 200 valence electrons. The monoisotopic (exact) mass is 511 g/mol. The highest BCUT2D eigenvalue weighted by Crippen LogP contribution is 2.70. The number of carbonyl (C=O) groups excluding carboxylic acids is 1. The Hall–Kier alpha value is -2.26. The average Bonchev–Trinajstić information content (AvgIpc) is 3.28. The standard InChI is InChI=1S/C28H39BFN3O4/c1-25(2,3)23-31-22(32-37-23)12-7-6-8-13-33(24(34)27-15-28(30,16-27)17-27)21-11-9-10-20(14-21)29-35-18-26(4,5)19-36-29/h9-11,14H,6-8,12-13,15-19H2,1-5H3. The molecule has 37 heavy (non-hydrogen) atoms. The summed E-state index contributed by atoms with van der Waals surface area (Å²) in [5.41, 5.74) is -0.0956. The summed E-state index contributed by atoms with van der Waals surface area (Å²) in [6, 6.07) is 7.87. The summed E-state index contributed by atoms with van der Waals surface area (Å²) in [5, 5.41) is 4.11. The van der Waals surface area contributed by atoms with Gasteiger partial charge in [-0.15, -0.1) is 0 Å². The molecule has 1 aromatic heterocycles. The molecule has 9 heteroatoms. The van der Waals surface area contributed by atoms with Gasteiger partial charge in [0.05, 0.1) is 5.41 Å². The van der Waals surface area contributed by atoms with Crippen molar-refractivity contribution in [1.29, 1.82) is 0 Å². The maximum Gasteiger partial charge on any atom is 0.493 e. The van der Waals surface area contributed by atoms with Gasteiger partial charge in [-0.05, 0) is 49.7 Å². The van der Waals surface area contributed by atoms with Gasteiger partial charge >= 0.3 is 7.12 Å². The van der Waals surface area contributed by atoms with Crippen molar-refractivity contribution < 1.29 is 23.0 Å². The van der Waals surface area contributed by atoms with Gasteiger partial charge in [0.1, 0.15) is 5.67 Å². The maximum absolute atomic E-state index is 14.3. The molecule has 2 bridgehead atoms. The second kappa shape index (κ2) is 9.49. The highest BCUT2D eigenvalue weighted by atomic mass is 19.1. The molecular weight excluding hydrogens is 472 g/mol. The van der Waals surface area contributed by atoms with Gasteiger partial charge in [0.25, 0.3) is 0 Å². The third kappa shape index (κ3) is 5.48. The Labute approximate surface area is 219 Å². The second-order valence-electron chi connectivity index (χ2n) is 13.2. The molecule has 3 saturated carbocycles. The van der Waals surface area contributed by atoms with E-state index >= 15 is 0 Å². The molecule has 4 fully saturated rings. The lowest BCUT2D eigenvalue weighted by Crippen LogP contribution is -2.70. The molecule has 0 atom stereocenters. The molecule has 1 aliphatic heterocycles. The lowest BCUT2D eigenvalue weighted by molar-refractivity contribution is -0.211. The zero-order valence-electron chi connectivity index (χ0n) is 22.8. The molecule has 0 radical (unpaired) electrons. The first-order valence-electron chi connectivity index (χ1n) is 13.6. The maximum atomic E-state index is 14.3. The first-order valence-corrected chi connectivity index (χ1v) is 13.6. The predicted octanol–water partition coefficient (Wildman–Crippen LogP) is 4.77. The topological polar surface area (TPSA) is 77.7 Å². The third-order valence-corrected chi connectivity index (χ3v) is 7.76. The summed E-state index contributed by atoms with van der Waals surface area (Å²) in [6.07, 6.45) is 4.47. The van der Waals surface area contributed by atoms with Crippen molar-refractivity contribution in [2.24, 2.45) is 10.8 Å². The Morgan fingerprint density at radius 2 is 1.81 bits per heavy atom. The van der Waals surface area contributed by atoms with E-state index in [1.165, 1.54) is 0 Å². The summed E-state index contributed by atoms with van der Waals surface area (Å²) >= 11 is 0. The minimum Gasteiger partial charge on any atom is -0.407 e. The number of anilines is 1. The van der Waals surface area contributed by atoms with Gasteiger partial charge in [-0.1, -0.05) is 58.3 Å². The molecule has 6 rings (SSSR count). The van der Waals surface area contributed by atoms with Crippen LogP contribution in [-0.2, 0) is 25.9 Å². The van der Waals surface area contributed by atoms with E-state index in [9.17, 15) is 9.18 Å². The molecule has 1 saturated heterocycles. The third-order valence-electron chi connectivity index (χ3n) is 7.76. The molecule has 0 N–H and O–H groups in total. The fourth-order valence-corrected chi connectivity index (χ4v) is 5.64. The molecule has 0 unspecified atom stereocenters. The molecule has 7 nitrogen and oxygen atoms in total. The summed E-state index contributed by atoms with van der Waals surface area (Å²) < 4.78 is 31.6. The van der Waals surface area contributed by atoms with Crippen LogP contribution in [-0.4, -0.2) is 48.6 Å². The van der Waals surface area contributed by atoms with Crippen molar-refractivity contribution in [3.05, 3.63) is 36.0 Å². The number of amides is 1. The van der Waals surface area contributed by atoms with E-state index in [0.717, 1.165) is 42.7 Å². The number of nitrogens with zero attached hydrogens (tertiary/aromatic N) is 3. The number of rotatable bonds is 9. The SMILES string of the molecule is CC1(C)COB(c2cccc(N(CCCCCc3noc(C(C)(C)C)n3)C(=O)C34CC(F)(C3)C4)c2)OC1. The zero-order valence-corrected chi connectivity index (χ0v) is 22.8. The molecule has 2 aromatic rings. The molecule has 3 aliphatic carbocycles. The number of carbonyl (C=O) groups is 1. The lowest BCUT2D eigenvalue weighted by atomic mass is 9.42. The molecular formula is C28H39BFN3O4. The fraction of sp³-hybridized carbons (Fsp3) is 0.679. The summed E-state index contributed by atoms with van der Waals surface area (Å²) in [5.74, 6) is 1.42. The van der Waals surface area contributed by atoms with Crippen LogP contribution in [0.25, 0.3) is 0 Å². The number of alkyl halides is 1. The highest BCUT2D eigenvalue weighted by Gasteiger charge is 2.73. The number of aromatic nitrogens is 2. The van der Waals surface area contributed by atoms with Crippen molar-refractivity contribution in [3.8, 4) is 0 Å². The average molecular weight is 511 g/mol. The van der Waals surface area contributed by atoms with Crippen LogP contribution in [0.15, 0.2) is 28.8 Å². The minimum atomic E-state index is -1.11. The molecule has 1 aromatic carbocycles. The first-order chi connectivity index (χ1) is 17.4. The lowest BCUT2D eigenvalue weighted by Gasteiger charge is -2.65. The summed E-state index contributed by atoms with van der Waals surface area (Å²) in [6.45, 7) is 12.2. The van der Waals surface area contributed by atoms with Crippen LogP contribution in [0.1, 0.15) is 84.9 Å². The summed E-state index contributed by atoms with van der Waals surface area (Å²) in [7, 11) is -0.443. The van der Waals surface area contributed by atoms with Gasteiger partial charge in [-0.25, -0.2) is 4.39 Å². The van der Waals surface area contributed by atoms with Crippen molar-refractivity contribution in [2.45, 2.75) is 90.6 Å². The van der Waals surface area contributed by atoms with Crippen molar-refractivity contribution >= 4 is 24.2 Å². The number of aryl methyl sites for hydroxylation is 1. The van der Waals surface area contributed by atoms with Crippen LogP contribution in [0.4, 0.5) is 10.1 Å². The van der Waals surface area contributed by atoms with Crippen LogP contribution < -0.4 is 10.4 Å². The highest BCUT2D eigenvalue weighted by molar-refractivity contribution is 6.61.